The summed E-state index contributed by atoms with van der Waals surface area (Å²) in [6.07, 6.45) is 0. The minimum atomic E-state index is -3.48. The first-order valence-electron chi connectivity index (χ1n) is 8.31. The molecule has 0 aliphatic heterocycles. The SMILES string of the molecule is CCOP(=O)(OCC)[C@H](Nc1cccc(C)[nH+]1)c1ccccc1OC. The van der Waals surface area contributed by atoms with Crippen molar-refractivity contribution in [2.45, 2.75) is 26.6 Å². The summed E-state index contributed by atoms with van der Waals surface area (Å²) in [5.74, 6) is 0.629. The van der Waals surface area contributed by atoms with Crippen LogP contribution in [0.25, 0.3) is 0 Å². The van der Waals surface area contributed by atoms with Gasteiger partial charge < -0.3 is 13.8 Å². The van der Waals surface area contributed by atoms with E-state index in [0.717, 1.165) is 11.5 Å². The summed E-state index contributed by atoms with van der Waals surface area (Å²) in [4.78, 5) is 3.22. The van der Waals surface area contributed by atoms with Crippen molar-refractivity contribution in [1.82, 2.24) is 0 Å². The zero-order chi connectivity index (χ0) is 18.3. The van der Waals surface area contributed by atoms with Crippen LogP contribution >= 0.6 is 7.60 Å². The number of hydrogen-bond acceptors (Lipinski definition) is 5. The molecule has 1 aromatic carbocycles. The molecule has 25 heavy (non-hydrogen) atoms. The molecule has 0 amide bonds. The molecule has 0 bridgehead atoms. The molecule has 1 heterocycles. The van der Waals surface area contributed by atoms with Gasteiger partial charge in [0.15, 0.2) is 0 Å². The van der Waals surface area contributed by atoms with E-state index < -0.39 is 13.4 Å². The topological polar surface area (TPSA) is 70.9 Å². The molecule has 0 spiro atoms. The van der Waals surface area contributed by atoms with Crippen molar-refractivity contribution >= 4 is 13.4 Å². The van der Waals surface area contributed by atoms with Gasteiger partial charge in [0.2, 0.25) is 5.78 Å². The van der Waals surface area contributed by atoms with Crippen molar-refractivity contribution in [3.8, 4) is 5.75 Å². The van der Waals surface area contributed by atoms with E-state index in [9.17, 15) is 4.57 Å². The normalized spacial score (nSPS) is 12.6. The number of H-pyrrole nitrogens is 1. The van der Waals surface area contributed by atoms with Gasteiger partial charge in [-0.3, -0.25) is 9.88 Å². The Bertz CT molecular complexity index is 729. The van der Waals surface area contributed by atoms with Crippen LogP contribution in [0.15, 0.2) is 42.5 Å². The van der Waals surface area contributed by atoms with Crippen LogP contribution in [0.3, 0.4) is 0 Å². The summed E-state index contributed by atoms with van der Waals surface area (Å²) in [5.41, 5.74) is 1.69. The smallest absolute Gasteiger partial charge is 0.379 e. The molecule has 0 radical (unpaired) electrons. The quantitative estimate of drug-likeness (QED) is 0.675. The number of rotatable bonds is 9. The number of benzene rings is 1. The van der Waals surface area contributed by atoms with E-state index in [1.807, 2.05) is 49.4 Å². The van der Waals surface area contributed by atoms with Crippen LogP contribution in [-0.2, 0) is 13.6 Å². The number of pyridine rings is 1. The predicted molar refractivity (Wildman–Crippen MR) is 98.0 cm³/mol. The Morgan fingerprint density at radius 2 is 1.76 bits per heavy atom. The van der Waals surface area contributed by atoms with Gasteiger partial charge in [-0.1, -0.05) is 24.3 Å². The van der Waals surface area contributed by atoms with Crippen LogP contribution in [0.4, 0.5) is 5.82 Å². The highest BCUT2D eigenvalue weighted by atomic mass is 31.2. The minimum absolute atomic E-state index is 0.280. The molecule has 0 fully saturated rings. The van der Waals surface area contributed by atoms with Gasteiger partial charge in [0.05, 0.1) is 31.6 Å². The number of aromatic amines is 1. The van der Waals surface area contributed by atoms with Gasteiger partial charge in [-0.05, 0) is 32.9 Å². The summed E-state index contributed by atoms with van der Waals surface area (Å²) < 4.78 is 30.1. The van der Waals surface area contributed by atoms with E-state index in [-0.39, 0.29) is 13.2 Å². The Hall–Kier alpha value is -1.88. The first kappa shape index (κ1) is 19.4. The number of methoxy groups -OCH3 is 1. The van der Waals surface area contributed by atoms with E-state index in [4.69, 9.17) is 13.8 Å². The number of nitrogens with one attached hydrogen (secondary N) is 2. The monoisotopic (exact) mass is 365 g/mol. The third kappa shape index (κ3) is 4.82. The van der Waals surface area contributed by atoms with Gasteiger partial charge in [0.1, 0.15) is 5.75 Å². The zero-order valence-corrected chi connectivity index (χ0v) is 16.0. The molecule has 0 unspecified atom stereocenters. The zero-order valence-electron chi connectivity index (χ0n) is 15.1. The molecule has 0 aliphatic carbocycles. The second-order valence-electron chi connectivity index (χ2n) is 5.41. The molecule has 136 valence electrons. The number of para-hydroxylation sites is 1. The molecular formula is C18H26N2O4P+. The molecule has 2 aromatic rings. The van der Waals surface area contributed by atoms with Crippen molar-refractivity contribution in [3.63, 3.8) is 0 Å². The van der Waals surface area contributed by atoms with Crippen molar-refractivity contribution in [3.05, 3.63) is 53.7 Å². The first-order chi connectivity index (χ1) is 12.0. The fourth-order valence-corrected chi connectivity index (χ4v) is 4.53. The maximum Gasteiger partial charge on any atom is 0.379 e. The van der Waals surface area contributed by atoms with Crippen molar-refractivity contribution in [1.29, 1.82) is 0 Å². The molecule has 7 heteroatoms. The Kier molecular flexibility index (Phi) is 7.00. The average molecular weight is 365 g/mol. The van der Waals surface area contributed by atoms with Crippen LogP contribution < -0.4 is 15.0 Å². The van der Waals surface area contributed by atoms with Crippen molar-refractivity contribution < 1.29 is 23.3 Å². The molecule has 6 nitrogen and oxygen atoms in total. The summed E-state index contributed by atoms with van der Waals surface area (Å²) in [7, 11) is -1.90. The Balaban J connectivity index is 2.52. The highest BCUT2D eigenvalue weighted by molar-refractivity contribution is 7.54. The minimum Gasteiger partial charge on any atom is -0.496 e. The van der Waals surface area contributed by atoms with Gasteiger partial charge >= 0.3 is 7.60 Å². The van der Waals surface area contributed by atoms with Gasteiger partial charge in [-0.15, -0.1) is 0 Å². The highest BCUT2D eigenvalue weighted by Crippen LogP contribution is 2.61. The largest absolute Gasteiger partial charge is 0.496 e. The van der Waals surface area contributed by atoms with Crippen molar-refractivity contribution in [2.24, 2.45) is 0 Å². The lowest BCUT2D eigenvalue weighted by atomic mass is 10.2. The van der Waals surface area contributed by atoms with Gasteiger partial charge in [0.25, 0.3) is 5.82 Å². The molecule has 0 saturated heterocycles. The molecule has 1 aromatic heterocycles. The Labute approximate surface area is 149 Å². The lowest BCUT2D eigenvalue weighted by Gasteiger charge is -2.25. The number of hydrogen-bond donors (Lipinski definition) is 1. The molecule has 2 N–H and O–H groups in total. The third-order valence-corrected chi connectivity index (χ3v) is 5.88. The van der Waals surface area contributed by atoms with E-state index in [1.54, 1.807) is 21.0 Å². The standard InChI is InChI=1S/C18H25N2O4P/c1-5-23-25(21,24-6-2)18(15-11-7-8-12-16(15)22-4)20-17-13-9-10-14(3)19-17/h7-13,18H,5-6H2,1-4H3,(H,19,20)/p+1/t18-/m0/s1. The lowest BCUT2D eigenvalue weighted by Crippen LogP contribution is -2.22. The van der Waals surface area contributed by atoms with Crippen molar-refractivity contribution in [2.75, 3.05) is 25.6 Å². The molecule has 1 atom stereocenters. The van der Waals surface area contributed by atoms with E-state index >= 15 is 0 Å². The summed E-state index contributed by atoms with van der Waals surface area (Å²) in [6, 6.07) is 13.2. The predicted octanol–water partition coefficient (Wildman–Crippen LogP) is 4.19. The fraction of sp³-hybridized carbons (Fsp3) is 0.389. The van der Waals surface area contributed by atoms with Crippen LogP contribution in [0.5, 0.6) is 5.75 Å². The Morgan fingerprint density at radius 1 is 1.08 bits per heavy atom. The number of aromatic nitrogens is 1. The van der Waals surface area contributed by atoms with Crippen LogP contribution in [0, 0.1) is 6.92 Å². The molecule has 2 rings (SSSR count). The lowest BCUT2D eigenvalue weighted by molar-refractivity contribution is -0.371. The van der Waals surface area contributed by atoms with Gasteiger partial charge in [-0.2, -0.15) is 0 Å². The summed E-state index contributed by atoms with van der Waals surface area (Å²) in [5, 5.41) is 3.27. The summed E-state index contributed by atoms with van der Waals surface area (Å²) >= 11 is 0. The Morgan fingerprint density at radius 3 is 2.36 bits per heavy atom. The number of aryl methyl sites for hydroxylation is 1. The maximum atomic E-state index is 13.5. The first-order valence-corrected chi connectivity index (χ1v) is 9.92. The van der Waals surface area contributed by atoms with E-state index in [1.165, 1.54) is 0 Å². The summed E-state index contributed by atoms with van der Waals surface area (Å²) in [6.45, 7) is 6.10. The van der Waals surface area contributed by atoms with E-state index in [2.05, 4.69) is 10.3 Å². The second-order valence-corrected chi connectivity index (χ2v) is 7.52. The maximum absolute atomic E-state index is 13.5. The van der Waals surface area contributed by atoms with Crippen LogP contribution in [-0.4, -0.2) is 20.3 Å². The fourth-order valence-electron chi connectivity index (χ4n) is 2.58. The van der Waals surface area contributed by atoms with Gasteiger partial charge in [0, 0.05) is 6.07 Å². The van der Waals surface area contributed by atoms with Crippen LogP contribution in [0.2, 0.25) is 0 Å². The molecular weight excluding hydrogens is 339 g/mol. The third-order valence-electron chi connectivity index (χ3n) is 3.60. The van der Waals surface area contributed by atoms with E-state index in [0.29, 0.717) is 11.3 Å². The highest BCUT2D eigenvalue weighted by Gasteiger charge is 2.42. The molecule has 0 aliphatic rings. The number of ether oxygens (including phenoxy) is 1. The van der Waals surface area contributed by atoms with Crippen LogP contribution in [0.1, 0.15) is 30.9 Å². The number of anilines is 1. The molecule has 0 saturated carbocycles. The second kappa shape index (κ2) is 8.99. The van der Waals surface area contributed by atoms with Gasteiger partial charge in [-0.25, -0.2) is 4.98 Å². The average Bonchev–Trinajstić information content (AvgIpc) is 2.60.